The number of oxazole rings is 1. The Hall–Kier alpha value is -1.92. The van der Waals surface area contributed by atoms with Gasteiger partial charge >= 0.3 is 0 Å². The first kappa shape index (κ1) is 17.5. The number of benzene rings is 1. The molecule has 1 aromatic carbocycles. The molecule has 0 unspecified atom stereocenters. The molecular formula is C19H20ClFN2O3. The Bertz CT molecular complexity index is 797. The molecule has 3 heterocycles. The van der Waals surface area contributed by atoms with E-state index in [1.54, 1.807) is 11.0 Å². The summed E-state index contributed by atoms with van der Waals surface area (Å²) in [6.45, 7) is 2.39. The molecule has 2 aliphatic rings. The van der Waals surface area contributed by atoms with Crippen LogP contribution in [0.2, 0.25) is 5.02 Å². The van der Waals surface area contributed by atoms with Gasteiger partial charge in [-0.15, -0.1) is 0 Å². The SMILES string of the molecule is O=C(Cc1c(F)cccc1Cl)N1CCc2oc(C3CCOCC3)nc2C1. The molecule has 0 atom stereocenters. The molecule has 0 aliphatic carbocycles. The molecule has 1 aromatic heterocycles. The van der Waals surface area contributed by atoms with Crippen LogP contribution in [-0.2, 0) is 28.9 Å². The Labute approximate surface area is 156 Å². The molecule has 0 saturated carbocycles. The molecule has 2 aromatic rings. The van der Waals surface area contributed by atoms with Crippen LogP contribution in [0.3, 0.4) is 0 Å². The maximum Gasteiger partial charge on any atom is 0.227 e. The second-order valence-corrected chi connectivity index (χ2v) is 7.16. The lowest BCUT2D eigenvalue weighted by Crippen LogP contribution is -2.37. The number of carbonyl (C=O) groups is 1. The number of hydrogen-bond donors (Lipinski definition) is 0. The van der Waals surface area contributed by atoms with E-state index in [2.05, 4.69) is 4.98 Å². The minimum Gasteiger partial charge on any atom is -0.445 e. The van der Waals surface area contributed by atoms with Gasteiger partial charge in [0, 0.05) is 42.7 Å². The van der Waals surface area contributed by atoms with Crippen LogP contribution in [0.5, 0.6) is 0 Å². The van der Waals surface area contributed by atoms with Gasteiger partial charge in [-0.2, -0.15) is 0 Å². The Morgan fingerprint density at radius 2 is 2.15 bits per heavy atom. The number of hydrogen-bond acceptors (Lipinski definition) is 4. The number of amides is 1. The number of nitrogens with zero attached hydrogens (tertiary/aromatic N) is 2. The van der Waals surface area contributed by atoms with Crippen molar-refractivity contribution in [3.63, 3.8) is 0 Å². The van der Waals surface area contributed by atoms with E-state index in [9.17, 15) is 9.18 Å². The standard InChI is InChI=1S/C19H20ClFN2O3/c20-14-2-1-3-15(21)13(14)10-18(24)23-7-4-17-16(11-23)22-19(26-17)12-5-8-25-9-6-12/h1-3,12H,4-11H2. The summed E-state index contributed by atoms with van der Waals surface area (Å²) in [6, 6.07) is 4.45. The van der Waals surface area contributed by atoms with Gasteiger partial charge in [-0.3, -0.25) is 4.79 Å². The van der Waals surface area contributed by atoms with Gasteiger partial charge in [0.1, 0.15) is 17.3 Å². The molecule has 1 fully saturated rings. The van der Waals surface area contributed by atoms with Crippen LogP contribution in [0.1, 0.15) is 41.7 Å². The van der Waals surface area contributed by atoms with Crippen LogP contribution in [0, 0.1) is 5.82 Å². The van der Waals surface area contributed by atoms with Crippen LogP contribution < -0.4 is 0 Å². The van der Waals surface area contributed by atoms with E-state index in [1.807, 2.05) is 0 Å². The molecule has 7 heteroatoms. The lowest BCUT2D eigenvalue weighted by molar-refractivity contribution is -0.131. The molecule has 1 amide bonds. The summed E-state index contributed by atoms with van der Waals surface area (Å²) in [5.41, 5.74) is 1.05. The molecular weight excluding hydrogens is 359 g/mol. The summed E-state index contributed by atoms with van der Waals surface area (Å²) >= 11 is 6.03. The fourth-order valence-corrected chi connectivity index (χ4v) is 3.74. The minimum atomic E-state index is -0.452. The molecule has 138 valence electrons. The smallest absolute Gasteiger partial charge is 0.227 e. The highest BCUT2D eigenvalue weighted by molar-refractivity contribution is 6.31. The highest BCUT2D eigenvalue weighted by Crippen LogP contribution is 2.30. The summed E-state index contributed by atoms with van der Waals surface area (Å²) in [7, 11) is 0. The molecule has 0 spiro atoms. The van der Waals surface area contributed by atoms with E-state index < -0.39 is 5.82 Å². The number of ether oxygens (including phenoxy) is 1. The molecule has 2 aliphatic heterocycles. The lowest BCUT2D eigenvalue weighted by Gasteiger charge is -2.25. The van der Waals surface area contributed by atoms with E-state index in [4.69, 9.17) is 20.8 Å². The Kier molecular flexibility index (Phi) is 4.96. The molecule has 5 nitrogen and oxygen atoms in total. The number of rotatable bonds is 3. The van der Waals surface area contributed by atoms with Gasteiger partial charge in [-0.25, -0.2) is 9.37 Å². The Balaban J connectivity index is 1.46. The molecule has 1 saturated heterocycles. The quantitative estimate of drug-likeness (QED) is 0.820. The highest BCUT2D eigenvalue weighted by atomic mass is 35.5. The zero-order valence-electron chi connectivity index (χ0n) is 14.3. The average Bonchev–Trinajstić information content (AvgIpc) is 3.09. The Morgan fingerprint density at radius 3 is 2.92 bits per heavy atom. The van der Waals surface area contributed by atoms with Crippen molar-refractivity contribution in [3.05, 3.63) is 51.9 Å². The van der Waals surface area contributed by atoms with Gasteiger partial charge in [0.25, 0.3) is 0 Å². The van der Waals surface area contributed by atoms with Crippen molar-refractivity contribution in [1.82, 2.24) is 9.88 Å². The number of carbonyl (C=O) groups excluding carboxylic acids is 1. The number of aromatic nitrogens is 1. The lowest BCUT2D eigenvalue weighted by atomic mass is 10.0. The van der Waals surface area contributed by atoms with Crippen molar-refractivity contribution in [3.8, 4) is 0 Å². The van der Waals surface area contributed by atoms with Gasteiger partial charge in [-0.1, -0.05) is 17.7 Å². The molecule has 4 rings (SSSR count). The van der Waals surface area contributed by atoms with Crippen molar-refractivity contribution in [2.24, 2.45) is 0 Å². The average molecular weight is 379 g/mol. The van der Waals surface area contributed by atoms with Crippen molar-refractivity contribution < 1.29 is 18.3 Å². The topological polar surface area (TPSA) is 55.6 Å². The number of halogens is 2. The Morgan fingerprint density at radius 1 is 1.35 bits per heavy atom. The summed E-state index contributed by atoms with van der Waals surface area (Å²) < 4.78 is 25.3. The fourth-order valence-electron chi connectivity index (χ4n) is 3.51. The summed E-state index contributed by atoms with van der Waals surface area (Å²) in [6.07, 6.45) is 2.40. The van der Waals surface area contributed by atoms with Crippen molar-refractivity contribution in [1.29, 1.82) is 0 Å². The van der Waals surface area contributed by atoms with Crippen LogP contribution in [0.15, 0.2) is 22.6 Å². The summed E-state index contributed by atoms with van der Waals surface area (Å²) in [5, 5.41) is 0.277. The van der Waals surface area contributed by atoms with Crippen LogP contribution in [0.25, 0.3) is 0 Å². The van der Waals surface area contributed by atoms with E-state index in [0.29, 0.717) is 19.5 Å². The van der Waals surface area contributed by atoms with Gasteiger partial charge < -0.3 is 14.1 Å². The second-order valence-electron chi connectivity index (χ2n) is 6.75. The van der Waals surface area contributed by atoms with Gasteiger partial charge in [0.05, 0.1) is 13.0 Å². The van der Waals surface area contributed by atoms with Crippen molar-refractivity contribution in [2.75, 3.05) is 19.8 Å². The van der Waals surface area contributed by atoms with Crippen molar-refractivity contribution in [2.45, 2.75) is 38.1 Å². The third-order valence-corrected chi connectivity index (χ3v) is 5.41. The zero-order valence-corrected chi connectivity index (χ0v) is 15.1. The summed E-state index contributed by atoms with van der Waals surface area (Å²) in [4.78, 5) is 18.9. The fraction of sp³-hybridized carbons (Fsp3) is 0.474. The third-order valence-electron chi connectivity index (χ3n) is 5.06. The molecule has 26 heavy (non-hydrogen) atoms. The first-order chi connectivity index (χ1) is 12.6. The molecule has 0 radical (unpaired) electrons. The maximum atomic E-state index is 13.9. The number of fused-ring (bicyclic) bond motifs is 1. The van der Waals surface area contributed by atoms with E-state index in [1.165, 1.54) is 12.1 Å². The molecule has 0 N–H and O–H groups in total. The monoisotopic (exact) mass is 378 g/mol. The van der Waals surface area contributed by atoms with Crippen LogP contribution >= 0.6 is 11.6 Å². The first-order valence-electron chi connectivity index (χ1n) is 8.88. The van der Waals surface area contributed by atoms with E-state index in [-0.39, 0.29) is 28.8 Å². The predicted octanol–water partition coefficient (Wildman–Crippen LogP) is 3.49. The highest BCUT2D eigenvalue weighted by Gasteiger charge is 2.29. The maximum absolute atomic E-state index is 13.9. The predicted molar refractivity (Wildman–Crippen MR) is 93.5 cm³/mol. The van der Waals surface area contributed by atoms with Gasteiger partial charge in [0.2, 0.25) is 5.91 Å². The van der Waals surface area contributed by atoms with E-state index >= 15 is 0 Å². The van der Waals surface area contributed by atoms with Crippen LogP contribution in [-0.4, -0.2) is 35.5 Å². The zero-order chi connectivity index (χ0) is 18.1. The minimum absolute atomic E-state index is 0.0501. The normalized spacial score (nSPS) is 18.0. The second kappa shape index (κ2) is 7.37. The summed E-state index contributed by atoms with van der Waals surface area (Å²) in [5.74, 6) is 1.30. The third kappa shape index (κ3) is 3.48. The van der Waals surface area contributed by atoms with Gasteiger partial charge in [-0.05, 0) is 25.0 Å². The largest absolute Gasteiger partial charge is 0.445 e. The van der Waals surface area contributed by atoms with Crippen molar-refractivity contribution >= 4 is 17.5 Å². The van der Waals surface area contributed by atoms with Gasteiger partial charge in [0.15, 0.2) is 5.89 Å². The molecule has 0 bridgehead atoms. The van der Waals surface area contributed by atoms with Crippen LogP contribution in [0.4, 0.5) is 4.39 Å². The first-order valence-corrected chi connectivity index (χ1v) is 9.26. The van der Waals surface area contributed by atoms with E-state index in [0.717, 1.165) is 43.4 Å².